The Kier molecular flexibility index (Phi) is 11.6. The molecule has 7 rings (SSSR count). The Morgan fingerprint density at radius 1 is 0.712 bits per heavy atom. The summed E-state index contributed by atoms with van der Waals surface area (Å²) in [7, 11) is 0. The van der Waals surface area contributed by atoms with Crippen molar-refractivity contribution in [2.24, 2.45) is 50.7 Å². The van der Waals surface area contributed by atoms with Crippen LogP contribution in [0.4, 0.5) is 0 Å². The van der Waals surface area contributed by atoms with E-state index in [9.17, 15) is 65.8 Å². The summed E-state index contributed by atoms with van der Waals surface area (Å²) >= 11 is 0. The Labute approximate surface area is 343 Å². The summed E-state index contributed by atoms with van der Waals surface area (Å²) in [5, 5.41) is 118. The molecule has 11 N–H and O–H groups in total. The van der Waals surface area contributed by atoms with Gasteiger partial charge < -0.3 is 75.1 Å². The zero-order chi connectivity index (χ0) is 43.6. The molecular formula is C42H66O17. The fraction of sp³-hybridized carbons (Fsp3) is 0.905. The summed E-state index contributed by atoms with van der Waals surface area (Å²) < 4.78 is 22.6. The molecule has 0 radical (unpaired) electrons. The van der Waals surface area contributed by atoms with Crippen LogP contribution in [0.25, 0.3) is 0 Å². The zero-order valence-electron chi connectivity index (χ0n) is 34.8. The second-order valence-electron chi connectivity index (χ2n) is 20.3. The number of esters is 2. The molecule has 2 saturated heterocycles. The van der Waals surface area contributed by atoms with Gasteiger partial charge in [0, 0.05) is 5.92 Å². The molecule has 0 bridgehead atoms. The molecule has 5 aliphatic carbocycles. The molecule has 59 heavy (non-hydrogen) atoms. The summed E-state index contributed by atoms with van der Waals surface area (Å²) in [4.78, 5) is 29.0. The minimum absolute atomic E-state index is 0.148. The maximum atomic E-state index is 14.6. The molecule has 2 heterocycles. The number of carbonyl (C=O) groups is 2. The zero-order valence-corrected chi connectivity index (χ0v) is 34.8. The Hall–Kier alpha value is -1.84. The first-order valence-electron chi connectivity index (χ1n) is 21.2. The highest BCUT2D eigenvalue weighted by Gasteiger charge is 2.74. The van der Waals surface area contributed by atoms with Crippen LogP contribution in [-0.2, 0) is 28.5 Å². The van der Waals surface area contributed by atoms with Gasteiger partial charge in [-0.1, -0.05) is 39.3 Å². The first-order chi connectivity index (χ1) is 27.4. The Balaban J connectivity index is 1.23. The lowest BCUT2D eigenvalue weighted by Crippen LogP contribution is -2.70. The molecule has 4 saturated carbocycles. The lowest BCUT2D eigenvalue weighted by atomic mass is 9.33. The van der Waals surface area contributed by atoms with Crippen molar-refractivity contribution in [3.05, 3.63) is 11.6 Å². The summed E-state index contributed by atoms with van der Waals surface area (Å²) in [5.74, 6) is -3.41. The van der Waals surface area contributed by atoms with E-state index in [0.717, 1.165) is 5.57 Å². The summed E-state index contributed by atoms with van der Waals surface area (Å²) in [6, 6.07) is 0. The van der Waals surface area contributed by atoms with Gasteiger partial charge in [-0.15, -0.1) is 0 Å². The number of allylic oxidation sites excluding steroid dienone is 1. The van der Waals surface area contributed by atoms with Crippen LogP contribution in [0, 0.1) is 50.7 Å². The molecule has 0 amide bonds. The number of fused-ring (bicyclic) bond motifs is 7. The van der Waals surface area contributed by atoms with Gasteiger partial charge in [0.05, 0.1) is 41.9 Å². The minimum atomic E-state index is -1.86. The van der Waals surface area contributed by atoms with Gasteiger partial charge >= 0.3 is 11.9 Å². The van der Waals surface area contributed by atoms with Crippen molar-refractivity contribution < 1.29 is 84.7 Å². The molecule has 0 unspecified atom stereocenters. The lowest BCUT2D eigenvalue weighted by molar-refractivity contribution is -0.303. The molecule has 7 aliphatic rings. The van der Waals surface area contributed by atoms with Gasteiger partial charge in [0.2, 0.25) is 12.6 Å². The smallest absolute Gasteiger partial charge is 0.317 e. The standard InChI is InChI=1S/C42H66O17/c1-18-9-12-42(36(54)59-34-30(51)28(49)26(47)22(17-44)57-34)14-13-38(3)19(31(42)41(18,6)55)7-8-23-37(2)15-20(45)32(52)40(5,24(37)10-11-39(23,38)4)35(53)58-33-29(50)27(48)25(46)21(16-43)56-33/h7,18,20-34,43-52,55H,8-17H2,1-6H3/t18-,20-,21-,22-,23-,24-,25-,26-,27+,28+,29-,30-,31-,32+,33+,34+,37-,38-,39-,40-,41-,42+/m1/s1. The number of carbonyl (C=O) groups excluding carboxylic acids is 2. The second-order valence-corrected chi connectivity index (χ2v) is 20.3. The number of ether oxygens (including phenoxy) is 4. The molecule has 0 aromatic rings. The van der Waals surface area contributed by atoms with E-state index in [1.807, 2.05) is 13.8 Å². The van der Waals surface area contributed by atoms with Gasteiger partial charge in [0.15, 0.2) is 0 Å². The number of aliphatic hydroxyl groups is 11. The van der Waals surface area contributed by atoms with Crippen molar-refractivity contribution >= 4 is 11.9 Å². The maximum Gasteiger partial charge on any atom is 0.317 e. The molecule has 17 nitrogen and oxygen atoms in total. The van der Waals surface area contributed by atoms with Gasteiger partial charge in [0.25, 0.3) is 0 Å². The lowest BCUT2D eigenvalue weighted by Gasteiger charge is -2.72. The first kappa shape index (κ1) is 45.2. The van der Waals surface area contributed by atoms with Gasteiger partial charge in [-0.05, 0) is 99.2 Å². The van der Waals surface area contributed by atoms with Gasteiger partial charge in [-0.2, -0.15) is 0 Å². The highest BCUT2D eigenvalue weighted by Crippen LogP contribution is 2.76. The average Bonchev–Trinajstić information content (AvgIpc) is 3.18. The van der Waals surface area contributed by atoms with Crippen LogP contribution in [0.15, 0.2) is 11.6 Å². The van der Waals surface area contributed by atoms with Crippen molar-refractivity contribution in [2.75, 3.05) is 13.2 Å². The molecule has 2 aliphatic heterocycles. The van der Waals surface area contributed by atoms with Crippen molar-refractivity contribution in [2.45, 2.75) is 172 Å². The predicted molar refractivity (Wildman–Crippen MR) is 202 cm³/mol. The van der Waals surface area contributed by atoms with Crippen LogP contribution in [0.5, 0.6) is 0 Å². The Bertz CT molecular complexity index is 1650. The van der Waals surface area contributed by atoms with E-state index in [1.165, 1.54) is 6.92 Å². The molecule has 0 aromatic heterocycles. The van der Waals surface area contributed by atoms with E-state index in [-0.39, 0.29) is 24.7 Å². The minimum Gasteiger partial charge on any atom is -0.432 e. The monoisotopic (exact) mass is 842 g/mol. The summed E-state index contributed by atoms with van der Waals surface area (Å²) in [6.07, 6.45) is -14.3. The number of aliphatic hydroxyl groups excluding tert-OH is 10. The molecule has 0 aromatic carbocycles. The van der Waals surface area contributed by atoms with E-state index in [2.05, 4.69) is 19.9 Å². The van der Waals surface area contributed by atoms with Gasteiger partial charge in [-0.3, -0.25) is 9.59 Å². The molecule has 22 atom stereocenters. The topological polar surface area (TPSA) is 294 Å². The maximum absolute atomic E-state index is 14.6. The first-order valence-corrected chi connectivity index (χ1v) is 21.2. The third-order valence-corrected chi connectivity index (χ3v) is 17.7. The number of rotatable bonds is 6. The Morgan fingerprint density at radius 2 is 1.25 bits per heavy atom. The van der Waals surface area contributed by atoms with Crippen LogP contribution in [0.2, 0.25) is 0 Å². The van der Waals surface area contributed by atoms with Crippen molar-refractivity contribution in [1.82, 2.24) is 0 Å². The number of hydrogen-bond donors (Lipinski definition) is 11. The van der Waals surface area contributed by atoms with Gasteiger partial charge in [-0.25, -0.2) is 0 Å². The van der Waals surface area contributed by atoms with E-state index < -0.39 is 143 Å². The molecule has 6 fully saturated rings. The van der Waals surface area contributed by atoms with Crippen LogP contribution in [0.1, 0.15) is 92.9 Å². The molecule has 17 heteroatoms. The highest BCUT2D eigenvalue weighted by atomic mass is 16.7. The Morgan fingerprint density at radius 3 is 1.80 bits per heavy atom. The largest absolute Gasteiger partial charge is 0.432 e. The average molecular weight is 843 g/mol. The third kappa shape index (κ3) is 6.26. The van der Waals surface area contributed by atoms with Crippen LogP contribution < -0.4 is 0 Å². The SMILES string of the molecule is C[C@@H]1CC[C@]2(C(=O)O[C@@H]3O[C@H](CO)[C@@H](O)[C@H](O)[C@H]3O)CC[C@]3(C)C(=CC[C@@H]4[C@@]5(C)C[C@@H](O)[C@H](O)[C@](C)(C(=O)O[C@@H]6O[C@H](CO)[C@@H](O)[C@H](O)[C@H]6O)[C@@H]5CC[C@]43C)[C@@H]2[C@]1(C)O. The fourth-order valence-corrected chi connectivity index (χ4v) is 13.7. The summed E-state index contributed by atoms with van der Waals surface area (Å²) in [6.45, 7) is 10.1. The molecule has 0 spiro atoms. The quantitative estimate of drug-likeness (QED) is 0.110. The molecule has 336 valence electrons. The van der Waals surface area contributed by atoms with E-state index >= 15 is 0 Å². The second kappa shape index (κ2) is 15.2. The van der Waals surface area contributed by atoms with Crippen LogP contribution in [0.3, 0.4) is 0 Å². The van der Waals surface area contributed by atoms with Crippen molar-refractivity contribution in [3.63, 3.8) is 0 Å². The van der Waals surface area contributed by atoms with E-state index in [1.54, 1.807) is 6.92 Å². The fourth-order valence-electron chi connectivity index (χ4n) is 13.7. The van der Waals surface area contributed by atoms with E-state index in [0.29, 0.717) is 38.5 Å². The van der Waals surface area contributed by atoms with Crippen molar-refractivity contribution in [1.29, 1.82) is 0 Å². The number of hydrogen-bond acceptors (Lipinski definition) is 17. The molecular weight excluding hydrogens is 776 g/mol. The van der Waals surface area contributed by atoms with E-state index in [4.69, 9.17) is 18.9 Å². The highest BCUT2D eigenvalue weighted by molar-refractivity contribution is 5.80. The van der Waals surface area contributed by atoms with Crippen LogP contribution >= 0.6 is 0 Å². The summed E-state index contributed by atoms with van der Waals surface area (Å²) in [5.41, 5.74) is -5.44. The van der Waals surface area contributed by atoms with Crippen LogP contribution in [-0.4, -0.2) is 161 Å². The van der Waals surface area contributed by atoms with Gasteiger partial charge in [0.1, 0.15) is 48.8 Å². The third-order valence-electron chi connectivity index (χ3n) is 17.7. The van der Waals surface area contributed by atoms with Crippen molar-refractivity contribution in [3.8, 4) is 0 Å². The normalized spacial score (nSPS) is 56.0. The predicted octanol–water partition coefficient (Wildman–Crippen LogP) is -1.24.